The first-order valence-electron chi connectivity index (χ1n) is 26.2. The van der Waals surface area contributed by atoms with E-state index in [2.05, 4.69) is 268 Å². The zero-order valence-electron chi connectivity index (χ0n) is 43.4. The summed E-state index contributed by atoms with van der Waals surface area (Å²) < 4.78 is 0. The first kappa shape index (κ1) is 46.0. The van der Waals surface area contributed by atoms with Gasteiger partial charge in [0.25, 0.3) is 0 Å². The number of hydrogen-bond acceptors (Lipinski definition) is 4. The summed E-state index contributed by atoms with van der Waals surface area (Å²) in [5.74, 6) is 0. The molecule has 3 aliphatic rings. The molecule has 0 amide bonds. The van der Waals surface area contributed by atoms with Gasteiger partial charge >= 0.3 is 0 Å². The average Bonchev–Trinajstić information content (AvgIpc) is 4.05. The fourth-order valence-electron chi connectivity index (χ4n) is 12.4. The Kier molecular flexibility index (Phi) is 10.8. The molecule has 10 aromatic rings. The molecule has 0 spiro atoms. The maximum atomic E-state index is 4.47. The second-order valence-corrected chi connectivity index (χ2v) is 22.0. The van der Waals surface area contributed by atoms with Crippen molar-refractivity contribution in [3.05, 3.63) is 275 Å². The Bertz CT molecular complexity index is 3570. The number of nitrogens with zero attached hydrogens (tertiary/aromatic N) is 4. The van der Waals surface area contributed by atoms with Crippen molar-refractivity contribution >= 4 is 58.4 Å². The Hall–Kier alpha value is -8.86. The Morgan fingerprint density at radius 3 is 0.853 bits per heavy atom. The van der Waals surface area contributed by atoms with Gasteiger partial charge in [0.2, 0.25) is 0 Å². The van der Waals surface area contributed by atoms with Crippen LogP contribution in [-0.2, 0) is 16.2 Å². The van der Waals surface area contributed by atoms with E-state index in [0.29, 0.717) is 0 Å². The predicted octanol–water partition coefficient (Wildman–Crippen LogP) is 18.7. The number of hydrogen-bond donors (Lipinski definition) is 0. The van der Waals surface area contributed by atoms with Gasteiger partial charge in [0.15, 0.2) is 0 Å². The van der Waals surface area contributed by atoms with E-state index in [9.17, 15) is 0 Å². The number of para-hydroxylation sites is 2. The summed E-state index contributed by atoms with van der Waals surface area (Å²) in [5.41, 5.74) is 26.8. The van der Waals surface area contributed by atoms with Gasteiger partial charge in [-0.3, -0.25) is 9.97 Å². The smallest absolute Gasteiger partial charge is 0.0644 e. The van der Waals surface area contributed by atoms with E-state index in [1.165, 1.54) is 89.0 Å². The van der Waals surface area contributed by atoms with E-state index in [1.807, 2.05) is 36.9 Å². The minimum absolute atomic E-state index is 0.150. The van der Waals surface area contributed by atoms with Gasteiger partial charge in [0.1, 0.15) is 0 Å². The van der Waals surface area contributed by atoms with Crippen molar-refractivity contribution in [3.8, 4) is 33.4 Å². The Morgan fingerprint density at radius 1 is 0.280 bits per heavy atom. The van der Waals surface area contributed by atoms with E-state index in [1.54, 1.807) is 0 Å². The first-order valence-corrected chi connectivity index (χ1v) is 26.2. The van der Waals surface area contributed by atoms with Crippen LogP contribution in [-0.4, -0.2) is 9.97 Å². The molecule has 362 valence electrons. The second kappa shape index (κ2) is 17.7. The van der Waals surface area contributed by atoms with Crippen molar-refractivity contribution in [3.63, 3.8) is 0 Å². The average molecular weight is 967 g/mol. The van der Waals surface area contributed by atoms with Crippen molar-refractivity contribution in [2.24, 2.45) is 0 Å². The minimum Gasteiger partial charge on any atom is -0.309 e. The molecule has 0 unspecified atom stereocenters. The van der Waals surface area contributed by atoms with E-state index in [-0.39, 0.29) is 16.2 Å². The van der Waals surface area contributed by atoms with Gasteiger partial charge in [0, 0.05) is 51.4 Å². The zero-order chi connectivity index (χ0) is 51.1. The Balaban J connectivity index is 0.731. The van der Waals surface area contributed by atoms with Gasteiger partial charge in [-0.05, 0) is 162 Å². The lowest BCUT2D eigenvalue weighted by atomic mass is 9.81. The molecule has 0 radical (unpaired) electrons. The normalized spacial score (nSPS) is 14.7. The van der Waals surface area contributed by atoms with Crippen LogP contribution in [0, 0.1) is 0 Å². The van der Waals surface area contributed by atoms with Crippen LogP contribution in [0.4, 0.5) is 34.1 Å². The molecule has 3 aliphatic carbocycles. The van der Waals surface area contributed by atoms with Gasteiger partial charge in [-0.25, -0.2) is 0 Å². The summed E-state index contributed by atoms with van der Waals surface area (Å²) in [6, 6.07) is 71.2. The van der Waals surface area contributed by atoms with Crippen molar-refractivity contribution in [2.75, 3.05) is 9.80 Å². The number of pyridine rings is 2. The lowest BCUT2D eigenvalue weighted by Crippen LogP contribution is -2.16. The molecule has 0 saturated carbocycles. The van der Waals surface area contributed by atoms with Crippen molar-refractivity contribution in [1.82, 2.24) is 9.97 Å². The highest BCUT2D eigenvalue weighted by Gasteiger charge is 2.39. The molecule has 2 aromatic heterocycles. The highest BCUT2D eigenvalue weighted by atomic mass is 15.2. The third kappa shape index (κ3) is 7.74. The number of fused-ring (bicyclic) bond motifs is 9. The first-order chi connectivity index (χ1) is 36.4. The van der Waals surface area contributed by atoms with Gasteiger partial charge < -0.3 is 9.80 Å². The standard InChI is InChI=1S/C71H58N4/c1-69(2)63-39-47(21-23-49-27-33-59-61-35-29-53(43-67(61)70(3,4)65(59)41-49)74(51-15-9-7-10-16-51)55-19-13-37-72-45-55)25-31-57(63)58-32-26-48(40-64(58)69)22-24-50-28-34-60-62-36-30-54(44-68(62)71(5,6)66(60)42-50)75(52-17-11-8-12-18-52)56-20-14-38-73-46-56/h7-46H,1-6H3. The summed E-state index contributed by atoms with van der Waals surface area (Å²) in [6.07, 6.45) is 16.7. The molecule has 75 heavy (non-hydrogen) atoms. The SMILES string of the molecule is CC1(C)c2cc(C=Cc3ccc4c(c3)C(C)(C)c3cc(N(c5ccccc5)c5cccnc5)ccc3-4)ccc2-c2ccc(C=Cc3ccc4c(c3)C(C)(C)c3cc(N(c5ccccc5)c5cccnc5)ccc3-4)cc21. The van der Waals surface area contributed by atoms with Crippen LogP contribution in [0.15, 0.2) is 219 Å². The molecule has 13 rings (SSSR count). The highest BCUT2D eigenvalue weighted by Crippen LogP contribution is 2.54. The number of benzene rings is 8. The van der Waals surface area contributed by atoms with Gasteiger partial charge in [0.05, 0.1) is 23.8 Å². The third-order valence-corrected chi connectivity index (χ3v) is 16.4. The molecule has 0 N–H and O–H groups in total. The molecule has 4 heteroatoms. The van der Waals surface area contributed by atoms with Crippen LogP contribution in [0.5, 0.6) is 0 Å². The Morgan fingerprint density at radius 2 is 0.560 bits per heavy atom. The maximum Gasteiger partial charge on any atom is 0.0644 e. The van der Waals surface area contributed by atoms with Gasteiger partial charge in [-0.1, -0.05) is 187 Å². The monoisotopic (exact) mass is 966 g/mol. The second-order valence-electron chi connectivity index (χ2n) is 22.0. The van der Waals surface area contributed by atoms with Crippen LogP contribution in [0.2, 0.25) is 0 Å². The molecule has 0 aliphatic heterocycles. The summed E-state index contributed by atoms with van der Waals surface area (Å²) in [6.45, 7) is 14.2. The topological polar surface area (TPSA) is 32.3 Å². The molecule has 4 nitrogen and oxygen atoms in total. The molecular weight excluding hydrogens is 909 g/mol. The van der Waals surface area contributed by atoms with Crippen LogP contribution >= 0.6 is 0 Å². The summed E-state index contributed by atoms with van der Waals surface area (Å²) in [5, 5.41) is 0. The van der Waals surface area contributed by atoms with Crippen LogP contribution in [0.25, 0.3) is 57.7 Å². The van der Waals surface area contributed by atoms with Crippen LogP contribution in [0.3, 0.4) is 0 Å². The lowest BCUT2D eigenvalue weighted by molar-refractivity contribution is 0.660. The van der Waals surface area contributed by atoms with Gasteiger partial charge in [-0.15, -0.1) is 0 Å². The summed E-state index contributed by atoms with van der Waals surface area (Å²) >= 11 is 0. The largest absolute Gasteiger partial charge is 0.309 e. The van der Waals surface area contributed by atoms with Gasteiger partial charge in [-0.2, -0.15) is 0 Å². The molecule has 8 aromatic carbocycles. The quantitative estimate of drug-likeness (QED) is 0.128. The van der Waals surface area contributed by atoms with Crippen molar-refractivity contribution in [2.45, 2.75) is 57.8 Å². The van der Waals surface area contributed by atoms with E-state index in [4.69, 9.17) is 0 Å². The summed E-state index contributed by atoms with van der Waals surface area (Å²) in [4.78, 5) is 13.5. The number of aromatic nitrogens is 2. The predicted molar refractivity (Wildman–Crippen MR) is 315 cm³/mol. The molecule has 0 saturated heterocycles. The third-order valence-electron chi connectivity index (χ3n) is 16.4. The molecule has 0 atom stereocenters. The number of rotatable bonds is 10. The van der Waals surface area contributed by atoms with E-state index < -0.39 is 0 Å². The molecule has 0 fully saturated rings. The molecular formula is C71H58N4. The van der Waals surface area contributed by atoms with Crippen molar-refractivity contribution in [1.29, 1.82) is 0 Å². The van der Waals surface area contributed by atoms with Crippen LogP contribution < -0.4 is 9.80 Å². The molecule has 2 heterocycles. The fourth-order valence-corrected chi connectivity index (χ4v) is 12.4. The van der Waals surface area contributed by atoms with E-state index >= 15 is 0 Å². The van der Waals surface area contributed by atoms with Crippen molar-refractivity contribution < 1.29 is 0 Å². The molecule has 0 bridgehead atoms. The highest BCUT2D eigenvalue weighted by molar-refractivity contribution is 5.90. The van der Waals surface area contributed by atoms with Crippen LogP contribution in [0.1, 0.15) is 97.2 Å². The zero-order valence-corrected chi connectivity index (χ0v) is 43.4. The Labute approximate surface area is 441 Å². The maximum absolute atomic E-state index is 4.47. The summed E-state index contributed by atoms with van der Waals surface area (Å²) in [7, 11) is 0. The lowest BCUT2D eigenvalue weighted by Gasteiger charge is -2.27. The minimum atomic E-state index is -0.178. The number of anilines is 6. The van der Waals surface area contributed by atoms with E-state index in [0.717, 1.165) is 34.1 Å². The fraction of sp³-hybridized carbons (Fsp3) is 0.127.